The van der Waals surface area contributed by atoms with E-state index in [4.69, 9.17) is 0 Å². The van der Waals surface area contributed by atoms with Crippen LogP contribution in [-0.4, -0.2) is 57.8 Å². The Labute approximate surface area is 102 Å². The summed E-state index contributed by atoms with van der Waals surface area (Å²) in [5.74, 6) is 0. The fourth-order valence-electron chi connectivity index (χ4n) is 2.09. The number of nitrogens with zero attached hydrogens (tertiary/aromatic N) is 4. The first kappa shape index (κ1) is 12.1. The summed E-state index contributed by atoms with van der Waals surface area (Å²) in [6, 6.07) is 0.542. The highest BCUT2D eigenvalue weighted by Crippen LogP contribution is 2.07. The van der Waals surface area contributed by atoms with Crippen LogP contribution in [0.2, 0.25) is 0 Å². The van der Waals surface area contributed by atoms with E-state index in [9.17, 15) is 4.79 Å². The van der Waals surface area contributed by atoms with Crippen LogP contribution in [0.5, 0.6) is 0 Å². The second kappa shape index (κ2) is 4.87. The van der Waals surface area contributed by atoms with Gasteiger partial charge in [0.05, 0.1) is 6.20 Å². The molecule has 1 amide bonds. The Morgan fingerprint density at radius 3 is 2.41 bits per heavy atom. The molecule has 1 saturated heterocycles. The molecule has 0 aliphatic carbocycles. The van der Waals surface area contributed by atoms with Gasteiger partial charge in [-0.1, -0.05) is 0 Å². The maximum atomic E-state index is 12.1. The number of carbonyl (C=O) groups is 1. The van der Waals surface area contributed by atoms with Gasteiger partial charge in [0.2, 0.25) is 0 Å². The Hall–Kier alpha value is -1.36. The fraction of sp³-hybridized carbons (Fsp3) is 0.667. The number of amides is 1. The van der Waals surface area contributed by atoms with E-state index in [2.05, 4.69) is 23.8 Å². The summed E-state index contributed by atoms with van der Waals surface area (Å²) in [7, 11) is 0. The molecule has 0 atom stereocenters. The number of piperazine rings is 1. The summed E-state index contributed by atoms with van der Waals surface area (Å²) in [4.78, 5) is 16.4. The molecular formula is C12H20N4O. The summed E-state index contributed by atoms with van der Waals surface area (Å²) < 4.78 is 1.43. The molecular weight excluding hydrogens is 216 g/mol. The first-order valence-corrected chi connectivity index (χ1v) is 6.12. The fourth-order valence-corrected chi connectivity index (χ4v) is 2.09. The highest BCUT2D eigenvalue weighted by Gasteiger charge is 2.23. The normalized spacial score (nSPS) is 17.8. The molecule has 1 aliphatic rings. The van der Waals surface area contributed by atoms with Crippen LogP contribution in [0.15, 0.2) is 12.4 Å². The largest absolute Gasteiger partial charge is 0.344 e. The van der Waals surface area contributed by atoms with Gasteiger partial charge in [-0.15, -0.1) is 0 Å². The van der Waals surface area contributed by atoms with Gasteiger partial charge < -0.3 is 4.90 Å². The molecule has 0 bridgehead atoms. The van der Waals surface area contributed by atoms with Crippen molar-refractivity contribution in [2.45, 2.75) is 26.8 Å². The van der Waals surface area contributed by atoms with Gasteiger partial charge in [0.1, 0.15) is 0 Å². The maximum Gasteiger partial charge on any atom is 0.344 e. The monoisotopic (exact) mass is 236 g/mol. The van der Waals surface area contributed by atoms with Gasteiger partial charge in [-0.05, 0) is 26.3 Å². The average molecular weight is 236 g/mol. The molecule has 0 aromatic carbocycles. The molecule has 0 saturated carbocycles. The van der Waals surface area contributed by atoms with Crippen molar-refractivity contribution in [1.82, 2.24) is 19.6 Å². The average Bonchev–Trinajstić information content (AvgIpc) is 2.75. The van der Waals surface area contributed by atoms with Crippen molar-refractivity contribution in [1.29, 1.82) is 0 Å². The number of hydrogen-bond donors (Lipinski definition) is 0. The summed E-state index contributed by atoms with van der Waals surface area (Å²) in [6.07, 6.45) is 3.49. The Morgan fingerprint density at radius 2 is 1.94 bits per heavy atom. The second-order valence-electron chi connectivity index (χ2n) is 4.86. The van der Waals surface area contributed by atoms with Crippen LogP contribution in [0, 0.1) is 6.92 Å². The van der Waals surface area contributed by atoms with Crippen LogP contribution in [-0.2, 0) is 0 Å². The molecule has 1 fully saturated rings. The number of carbonyl (C=O) groups excluding carboxylic acids is 1. The summed E-state index contributed by atoms with van der Waals surface area (Å²) in [5, 5.41) is 4.06. The molecule has 1 aromatic rings. The molecule has 1 aliphatic heterocycles. The van der Waals surface area contributed by atoms with Gasteiger partial charge in [0.15, 0.2) is 0 Å². The van der Waals surface area contributed by atoms with Crippen LogP contribution in [0.25, 0.3) is 0 Å². The van der Waals surface area contributed by atoms with Crippen molar-refractivity contribution in [3.8, 4) is 0 Å². The number of aryl methyl sites for hydroxylation is 1. The van der Waals surface area contributed by atoms with E-state index in [0.717, 1.165) is 31.7 Å². The highest BCUT2D eigenvalue weighted by molar-refractivity contribution is 5.76. The predicted octanol–water partition coefficient (Wildman–Crippen LogP) is 1.19. The third kappa shape index (κ3) is 2.66. The van der Waals surface area contributed by atoms with E-state index in [1.807, 2.05) is 11.8 Å². The second-order valence-corrected chi connectivity index (χ2v) is 4.86. The minimum Gasteiger partial charge on any atom is -0.320 e. The highest BCUT2D eigenvalue weighted by atomic mass is 16.2. The molecule has 2 rings (SSSR count). The molecule has 2 heterocycles. The quantitative estimate of drug-likeness (QED) is 0.735. The van der Waals surface area contributed by atoms with E-state index in [-0.39, 0.29) is 6.03 Å². The summed E-state index contributed by atoms with van der Waals surface area (Å²) in [6.45, 7) is 9.79. The molecule has 1 aromatic heterocycles. The molecule has 0 unspecified atom stereocenters. The van der Waals surface area contributed by atoms with E-state index in [1.54, 1.807) is 12.4 Å². The lowest BCUT2D eigenvalue weighted by Crippen LogP contribution is -2.51. The zero-order valence-electron chi connectivity index (χ0n) is 10.8. The van der Waals surface area contributed by atoms with Gasteiger partial charge in [-0.3, -0.25) is 4.90 Å². The molecule has 0 spiro atoms. The van der Waals surface area contributed by atoms with E-state index < -0.39 is 0 Å². The Bertz CT molecular complexity index is 391. The lowest BCUT2D eigenvalue weighted by Gasteiger charge is -2.36. The number of aromatic nitrogens is 2. The molecule has 0 N–H and O–H groups in total. The lowest BCUT2D eigenvalue weighted by molar-refractivity contribution is 0.119. The lowest BCUT2D eigenvalue weighted by atomic mass is 10.2. The zero-order valence-corrected chi connectivity index (χ0v) is 10.8. The van der Waals surface area contributed by atoms with Crippen LogP contribution >= 0.6 is 0 Å². The molecule has 0 radical (unpaired) electrons. The first-order chi connectivity index (χ1) is 8.08. The summed E-state index contributed by atoms with van der Waals surface area (Å²) in [5.41, 5.74) is 1.01. The van der Waals surface area contributed by atoms with Crippen molar-refractivity contribution < 1.29 is 4.79 Å². The van der Waals surface area contributed by atoms with Gasteiger partial charge in [-0.2, -0.15) is 9.78 Å². The van der Waals surface area contributed by atoms with Crippen molar-refractivity contribution in [2.75, 3.05) is 26.2 Å². The third-order valence-corrected chi connectivity index (χ3v) is 3.22. The van der Waals surface area contributed by atoms with E-state index in [1.165, 1.54) is 4.68 Å². The van der Waals surface area contributed by atoms with Crippen molar-refractivity contribution in [2.24, 2.45) is 0 Å². The van der Waals surface area contributed by atoms with Gasteiger partial charge in [0, 0.05) is 38.4 Å². The first-order valence-electron chi connectivity index (χ1n) is 6.12. The minimum absolute atomic E-state index is 0.0125. The Morgan fingerprint density at radius 1 is 1.29 bits per heavy atom. The van der Waals surface area contributed by atoms with Gasteiger partial charge >= 0.3 is 6.03 Å². The van der Waals surface area contributed by atoms with E-state index >= 15 is 0 Å². The summed E-state index contributed by atoms with van der Waals surface area (Å²) >= 11 is 0. The number of rotatable bonds is 1. The van der Waals surface area contributed by atoms with Gasteiger partial charge in [0.25, 0.3) is 0 Å². The van der Waals surface area contributed by atoms with E-state index in [0.29, 0.717) is 6.04 Å². The standard InChI is InChI=1S/C12H20N4O/c1-10(2)14-4-6-15(7-5-14)12(17)16-9-11(3)8-13-16/h8-10H,4-7H2,1-3H3. The van der Waals surface area contributed by atoms with Crippen LogP contribution in [0.3, 0.4) is 0 Å². The third-order valence-electron chi connectivity index (χ3n) is 3.22. The van der Waals surface area contributed by atoms with Crippen LogP contribution in [0.1, 0.15) is 19.4 Å². The van der Waals surface area contributed by atoms with Gasteiger partial charge in [-0.25, -0.2) is 4.79 Å². The van der Waals surface area contributed by atoms with Crippen molar-refractivity contribution in [3.63, 3.8) is 0 Å². The Kier molecular flexibility index (Phi) is 3.47. The zero-order chi connectivity index (χ0) is 12.4. The molecule has 17 heavy (non-hydrogen) atoms. The van der Waals surface area contributed by atoms with Crippen molar-refractivity contribution in [3.05, 3.63) is 18.0 Å². The Balaban J connectivity index is 1.95. The molecule has 5 nitrogen and oxygen atoms in total. The van der Waals surface area contributed by atoms with Crippen LogP contribution < -0.4 is 0 Å². The van der Waals surface area contributed by atoms with Crippen molar-refractivity contribution >= 4 is 6.03 Å². The molecule has 5 heteroatoms. The number of hydrogen-bond acceptors (Lipinski definition) is 3. The molecule has 94 valence electrons. The minimum atomic E-state index is -0.0125. The smallest absolute Gasteiger partial charge is 0.320 e. The maximum absolute atomic E-state index is 12.1. The van der Waals surface area contributed by atoms with Crippen LogP contribution in [0.4, 0.5) is 4.79 Å². The predicted molar refractivity (Wildman–Crippen MR) is 66.0 cm³/mol. The SMILES string of the molecule is Cc1cnn(C(=O)N2CCN(C(C)C)CC2)c1. The topological polar surface area (TPSA) is 41.4 Å².